The number of nitrogens with one attached hydrogen (secondary N) is 1. The molecule has 0 heterocycles. The number of benzene rings is 1. The van der Waals surface area contributed by atoms with Crippen LogP contribution in [0.4, 0.5) is 5.69 Å². The molecule has 0 aliphatic rings. The van der Waals surface area contributed by atoms with E-state index in [0.717, 1.165) is 0 Å². The first-order valence-corrected chi connectivity index (χ1v) is 6.10. The highest BCUT2D eigenvalue weighted by molar-refractivity contribution is 6.31. The molecule has 0 bridgehead atoms. The molecule has 0 spiro atoms. The average molecular weight is 287 g/mol. The summed E-state index contributed by atoms with van der Waals surface area (Å²) in [4.78, 5) is 21.4. The molecular weight excluding hydrogens is 272 g/mol. The summed E-state index contributed by atoms with van der Waals surface area (Å²) in [6.07, 6.45) is 0. The van der Waals surface area contributed by atoms with E-state index in [-0.39, 0.29) is 23.2 Å². The van der Waals surface area contributed by atoms with Crippen LogP contribution in [-0.2, 0) is 11.3 Å². The molecular formula is C12H15ClN2O4. The third-order valence-electron chi connectivity index (χ3n) is 2.72. The Labute approximate surface area is 115 Å². The minimum atomic E-state index is -0.996. The topological polar surface area (TPSA) is 92.5 Å². The summed E-state index contributed by atoms with van der Waals surface area (Å²) in [5.41, 5.74) is 0.175. The van der Waals surface area contributed by atoms with Crippen molar-refractivity contribution in [2.24, 2.45) is 5.92 Å². The van der Waals surface area contributed by atoms with Crippen molar-refractivity contribution < 1.29 is 14.8 Å². The first-order chi connectivity index (χ1) is 8.84. The Morgan fingerprint density at radius 3 is 2.63 bits per heavy atom. The highest BCUT2D eigenvalue weighted by Crippen LogP contribution is 2.26. The zero-order valence-corrected chi connectivity index (χ0v) is 11.3. The van der Waals surface area contributed by atoms with Gasteiger partial charge in [-0.15, -0.1) is 0 Å². The van der Waals surface area contributed by atoms with Crippen molar-refractivity contribution in [3.8, 4) is 0 Å². The Hall–Kier alpha value is -1.66. The van der Waals surface area contributed by atoms with Gasteiger partial charge in [-0.1, -0.05) is 31.5 Å². The van der Waals surface area contributed by atoms with E-state index in [1.54, 1.807) is 13.8 Å². The monoisotopic (exact) mass is 286 g/mol. The third-order valence-corrected chi connectivity index (χ3v) is 3.08. The average Bonchev–Trinajstić information content (AvgIpc) is 2.29. The van der Waals surface area contributed by atoms with E-state index in [9.17, 15) is 14.9 Å². The fourth-order valence-electron chi connectivity index (χ4n) is 1.71. The first-order valence-electron chi connectivity index (χ1n) is 5.72. The molecule has 104 valence electrons. The molecule has 0 radical (unpaired) electrons. The van der Waals surface area contributed by atoms with Gasteiger partial charge in [-0.3, -0.25) is 20.2 Å². The van der Waals surface area contributed by atoms with Gasteiger partial charge in [-0.25, -0.2) is 0 Å². The lowest BCUT2D eigenvalue weighted by molar-refractivity contribution is -0.385. The number of aliphatic carboxylic acids is 1. The van der Waals surface area contributed by atoms with Gasteiger partial charge < -0.3 is 5.11 Å². The second kappa shape index (κ2) is 6.49. The van der Waals surface area contributed by atoms with Gasteiger partial charge in [0.25, 0.3) is 5.69 Å². The molecule has 1 aromatic carbocycles. The van der Waals surface area contributed by atoms with Crippen LogP contribution in [0.3, 0.4) is 0 Å². The predicted octanol–water partition coefficient (Wildman–Crippen LogP) is 2.45. The lowest BCUT2D eigenvalue weighted by Crippen LogP contribution is -2.40. The summed E-state index contributed by atoms with van der Waals surface area (Å²) in [7, 11) is 0. The maximum atomic E-state index is 11.0. The number of rotatable bonds is 6. The smallest absolute Gasteiger partial charge is 0.320 e. The van der Waals surface area contributed by atoms with Gasteiger partial charge >= 0.3 is 5.97 Å². The Balaban J connectivity index is 2.94. The molecule has 0 aromatic heterocycles. The molecule has 6 nitrogen and oxygen atoms in total. The fraction of sp³-hybridized carbons (Fsp3) is 0.417. The summed E-state index contributed by atoms with van der Waals surface area (Å²) in [6, 6.07) is 3.59. The molecule has 1 unspecified atom stereocenters. The van der Waals surface area contributed by atoms with Crippen molar-refractivity contribution in [3.63, 3.8) is 0 Å². The Morgan fingerprint density at radius 2 is 2.16 bits per heavy atom. The van der Waals surface area contributed by atoms with Gasteiger partial charge in [0.05, 0.1) is 15.5 Å². The maximum Gasteiger partial charge on any atom is 0.320 e. The van der Waals surface area contributed by atoms with Crippen LogP contribution in [0.5, 0.6) is 0 Å². The zero-order chi connectivity index (χ0) is 14.6. The standard InChI is InChI=1S/C12H15ClN2O4/c1-7(2)11(12(16)17)14-6-8-9(13)4-3-5-10(8)15(18)19/h3-5,7,11,14H,6H2,1-2H3,(H,16,17). The highest BCUT2D eigenvalue weighted by atomic mass is 35.5. The van der Waals surface area contributed by atoms with Crippen molar-refractivity contribution >= 4 is 23.3 Å². The van der Waals surface area contributed by atoms with Crippen molar-refractivity contribution in [1.29, 1.82) is 0 Å². The lowest BCUT2D eigenvalue weighted by atomic mass is 10.0. The number of carbonyl (C=O) groups is 1. The van der Waals surface area contributed by atoms with E-state index >= 15 is 0 Å². The van der Waals surface area contributed by atoms with Gasteiger partial charge in [-0.05, 0) is 12.0 Å². The number of carboxylic acid groups (broad SMARTS) is 1. The number of nitrogens with zero attached hydrogens (tertiary/aromatic N) is 1. The molecule has 2 N–H and O–H groups in total. The van der Waals surface area contributed by atoms with Gasteiger partial charge in [-0.2, -0.15) is 0 Å². The molecule has 0 saturated carbocycles. The molecule has 7 heteroatoms. The molecule has 0 fully saturated rings. The summed E-state index contributed by atoms with van der Waals surface area (Å²) in [6.45, 7) is 3.55. The van der Waals surface area contributed by atoms with E-state index in [4.69, 9.17) is 16.7 Å². The number of halogens is 1. The van der Waals surface area contributed by atoms with Gasteiger partial charge in [0.2, 0.25) is 0 Å². The minimum Gasteiger partial charge on any atom is -0.480 e. The SMILES string of the molecule is CC(C)C(NCc1c(Cl)cccc1[N+](=O)[O-])C(=O)O. The van der Waals surface area contributed by atoms with Gasteiger partial charge in [0, 0.05) is 12.6 Å². The summed E-state index contributed by atoms with van der Waals surface area (Å²) in [5.74, 6) is -1.14. The molecule has 19 heavy (non-hydrogen) atoms. The first kappa shape index (κ1) is 15.4. The largest absolute Gasteiger partial charge is 0.480 e. The third kappa shape index (κ3) is 3.90. The van der Waals surface area contributed by atoms with Crippen LogP contribution in [0.1, 0.15) is 19.4 Å². The molecule has 1 aromatic rings. The van der Waals surface area contributed by atoms with E-state index < -0.39 is 16.9 Å². The van der Waals surface area contributed by atoms with Crippen molar-refractivity contribution in [2.75, 3.05) is 0 Å². The van der Waals surface area contributed by atoms with Crippen LogP contribution in [0.15, 0.2) is 18.2 Å². The van der Waals surface area contributed by atoms with Crippen LogP contribution in [0.2, 0.25) is 5.02 Å². The van der Waals surface area contributed by atoms with E-state index in [1.807, 2.05) is 0 Å². The lowest BCUT2D eigenvalue weighted by Gasteiger charge is -2.18. The molecule has 0 amide bonds. The quantitative estimate of drug-likeness (QED) is 0.619. The Bertz CT molecular complexity index is 491. The van der Waals surface area contributed by atoms with Crippen molar-refractivity contribution in [2.45, 2.75) is 26.4 Å². The molecule has 0 saturated heterocycles. The highest BCUT2D eigenvalue weighted by Gasteiger charge is 2.23. The molecule has 0 aliphatic heterocycles. The van der Waals surface area contributed by atoms with E-state index in [2.05, 4.69) is 5.32 Å². The van der Waals surface area contributed by atoms with E-state index in [0.29, 0.717) is 5.56 Å². The van der Waals surface area contributed by atoms with Crippen LogP contribution in [0.25, 0.3) is 0 Å². The predicted molar refractivity (Wildman–Crippen MR) is 71.2 cm³/mol. The zero-order valence-electron chi connectivity index (χ0n) is 10.6. The van der Waals surface area contributed by atoms with Crippen LogP contribution >= 0.6 is 11.6 Å². The van der Waals surface area contributed by atoms with Gasteiger partial charge in [0.1, 0.15) is 6.04 Å². The maximum absolute atomic E-state index is 11.0. The Morgan fingerprint density at radius 1 is 1.53 bits per heavy atom. The number of nitro groups is 1. The molecule has 1 atom stereocenters. The number of hydrogen-bond acceptors (Lipinski definition) is 4. The summed E-state index contributed by atoms with van der Waals surface area (Å²) in [5, 5.41) is 23.0. The van der Waals surface area contributed by atoms with Crippen LogP contribution in [0, 0.1) is 16.0 Å². The normalized spacial score (nSPS) is 12.4. The number of nitro benzene ring substituents is 1. The van der Waals surface area contributed by atoms with Crippen molar-refractivity contribution in [1.82, 2.24) is 5.32 Å². The number of carboxylic acids is 1. The Kier molecular flexibility index (Phi) is 5.26. The van der Waals surface area contributed by atoms with Gasteiger partial charge in [0.15, 0.2) is 0 Å². The molecule has 0 aliphatic carbocycles. The second-order valence-corrected chi connectivity index (χ2v) is 4.84. The van der Waals surface area contributed by atoms with Crippen LogP contribution in [-0.4, -0.2) is 22.0 Å². The second-order valence-electron chi connectivity index (χ2n) is 4.44. The molecule has 1 rings (SSSR count). The van der Waals surface area contributed by atoms with Crippen LogP contribution < -0.4 is 5.32 Å². The van der Waals surface area contributed by atoms with E-state index in [1.165, 1.54) is 18.2 Å². The number of hydrogen-bond donors (Lipinski definition) is 2. The van der Waals surface area contributed by atoms with Crippen molar-refractivity contribution in [3.05, 3.63) is 38.9 Å². The fourth-order valence-corrected chi connectivity index (χ4v) is 1.95. The summed E-state index contributed by atoms with van der Waals surface area (Å²) < 4.78 is 0. The summed E-state index contributed by atoms with van der Waals surface area (Å²) >= 11 is 5.92. The minimum absolute atomic E-state index is 0.0329.